The molecule has 0 aliphatic carbocycles. The molecule has 0 saturated carbocycles. The van der Waals surface area contributed by atoms with E-state index < -0.39 is 0 Å². The minimum atomic E-state index is 0.518. The number of aryl methyl sites for hydroxylation is 1. The molecular formula is C17H21NO2. The molecule has 0 unspecified atom stereocenters. The molecule has 0 amide bonds. The van der Waals surface area contributed by atoms with E-state index in [1.165, 1.54) is 5.56 Å². The molecule has 0 spiro atoms. The van der Waals surface area contributed by atoms with Gasteiger partial charge in [0.2, 0.25) is 0 Å². The Labute approximate surface area is 120 Å². The Balaban J connectivity index is 1.79. The Hall–Kier alpha value is -2.16. The highest BCUT2D eigenvalue weighted by atomic mass is 16.5. The van der Waals surface area contributed by atoms with Crippen molar-refractivity contribution in [2.45, 2.75) is 19.8 Å². The summed E-state index contributed by atoms with van der Waals surface area (Å²) in [5, 5.41) is 0. The third-order valence-corrected chi connectivity index (χ3v) is 2.98. The number of hydrogen-bond acceptors (Lipinski definition) is 3. The van der Waals surface area contributed by atoms with Gasteiger partial charge in [0.1, 0.15) is 24.7 Å². The van der Waals surface area contributed by atoms with Gasteiger partial charge in [-0.2, -0.15) is 0 Å². The lowest BCUT2D eigenvalue weighted by Crippen LogP contribution is -2.10. The molecule has 0 fully saturated rings. The molecule has 2 rings (SSSR count). The summed E-state index contributed by atoms with van der Waals surface area (Å²) in [6, 6.07) is 15.5. The lowest BCUT2D eigenvalue weighted by Gasteiger charge is -2.11. The van der Waals surface area contributed by atoms with E-state index in [9.17, 15) is 0 Å². The van der Waals surface area contributed by atoms with Crippen molar-refractivity contribution in [1.29, 1.82) is 0 Å². The number of hydrogen-bond donors (Lipinski definition) is 1. The maximum atomic E-state index is 5.79. The molecular weight excluding hydrogens is 250 g/mol. The maximum absolute atomic E-state index is 5.79. The molecule has 20 heavy (non-hydrogen) atoms. The summed E-state index contributed by atoms with van der Waals surface area (Å²) in [7, 11) is 0. The summed E-state index contributed by atoms with van der Waals surface area (Å²) in [6.45, 7) is 3.22. The highest BCUT2D eigenvalue weighted by Crippen LogP contribution is 2.19. The molecule has 0 aliphatic heterocycles. The van der Waals surface area contributed by atoms with Gasteiger partial charge in [0, 0.05) is 5.69 Å². The Kier molecular flexibility index (Phi) is 5.30. The number of rotatable bonds is 7. The average molecular weight is 271 g/mol. The molecule has 0 aliphatic rings. The van der Waals surface area contributed by atoms with E-state index >= 15 is 0 Å². The van der Waals surface area contributed by atoms with Crippen LogP contribution in [0.15, 0.2) is 48.5 Å². The van der Waals surface area contributed by atoms with Gasteiger partial charge in [0.25, 0.3) is 0 Å². The zero-order valence-corrected chi connectivity index (χ0v) is 11.8. The third kappa shape index (κ3) is 4.19. The zero-order valence-electron chi connectivity index (χ0n) is 11.8. The number of ether oxygens (including phenoxy) is 2. The monoisotopic (exact) mass is 271 g/mol. The summed E-state index contributed by atoms with van der Waals surface area (Å²) in [5.74, 6) is 1.76. The van der Waals surface area contributed by atoms with Crippen LogP contribution in [0.5, 0.6) is 11.5 Å². The Morgan fingerprint density at radius 1 is 0.900 bits per heavy atom. The molecule has 0 bridgehead atoms. The molecule has 2 N–H and O–H groups in total. The number of para-hydroxylation sites is 1. The second-order valence-electron chi connectivity index (χ2n) is 4.62. The van der Waals surface area contributed by atoms with Crippen LogP contribution in [-0.2, 0) is 6.42 Å². The Morgan fingerprint density at radius 2 is 1.60 bits per heavy atom. The molecule has 3 heteroatoms. The maximum Gasteiger partial charge on any atom is 0.122 e. The summed E-state index contributed by atoms with van der Waals surface area (Å²) >= 11 is 0. The first-order valence-electron chi connectivity index (χ1n) is 6.98. The topological polar surface area (TPSA) is 44.5 Å². The van der Waals surface area contributed by atoms with Gasteiger partial charge < -0.3 is 15.2 Å². The van der Waals surface area contributed by atoms with Crippen LogP contribution in [0.1, 0.15) is 18.9 Å². The van der Waals surface area contributed by atoms with Gasteiger partial charge in [-0.15, -0.1) is 0 Å². The van der Waals surface area contributed by atoms with Crippen molar-refractivity contribution < 1.29 is 9.47 Å². The van der Waals surface area contributed by atoms with Crippen molar-refractivity contribution >= 4 is 5.69 Å². The normalized spacial score (nSPS) is 10.2. The fraction of sp³-hybridized carbons (Fsp3) is 0.294. The minimum absolute atomic E-state index is 0.518. The molecule has 0 atom stereocenters. The molecule has 0 radical (unpaired) electrons. The second-order valence-corrected chi connectivity index (χ2v) is 4.62. The highest BCUT2D eigenvalue weighted by molar-refractivity contribution is 5.41. The van der Waals surface area contributed by atoms with Gasteiger partial charge >= 0.3 is 0 Å². The first-order chi connectivity index (χ1) is 9.79. The minimum Gasteiger partial charge on any atom is -0.490 e. The molecule has 3 nitrogen and oxygen atoms in total. The fourth-order valence-electron chi connectivity index (χ4n) is 2.00. The summed E-state index contributed by atoms with van der Waals surface area (Å²) in [4.78, 5) is 0. The first-order valence-corrected chi connectivity index (χ1v) is 6.98. The van der Waals surface area contributed by atoms with Crippen molar-refractivity contribution in [3.8, 4) is 11.5 Å². The van der Waals surface area contributed by atoms with E-state index in [1.54, 1.807) is 0 Å². The van der Waals surface area contributed by atoms with Crippen molar-refractivity contribution in [2.24, 2.45) is 0 Å². The van der Waals surface area contributed by atoms with Crippen LogP contribution in [0.4, 0.5) is 5.69 Å². The predicted octanol–water partition coefficient (Wildman–Crippen LogP) is 3.68. The number of nitrogen functional groups attached to an aromatic ring is 1. The van der Waals surface area contributed by atoms with Gasteiger partial charge in [-0.25, -0.2) is 0 Å². The lowest BCUT2D eigenvalue weighted by molar-refractivity contribution is 0.216. The SMILES string of the molecule is CCCc1ccccc1OCCOc1ccc(N)cc1. The molecule has 106 valence electrons. The second kappa shape index (κ2) is 7.43. The lowest BCUT2D eigenvalue weighted by atomic mass is 10.1. The van der Waals surface area contributed by atoms with Gasteiger partial charge in [-0.1, -0.05) is 31.5 Å². The van der Waals surface area contributed by atoms with Crippen molar-refractivity contribution in [1.82, 2.24) is 0 Å². The molecule has 2 aromatic rings. The van der Waals surface area contributed by atoms with E-state index in [4.69, 9.17) is 15.2 Å². The predicted molar refractivity (Wildman–Crippen MR) is 82.3 cm³/mol. The van der Waals surface area contributed by atoms with E-state index in [-0.39, 0.29) is 0 Å². The fourth-order valence-corrected chi connectivity index (χ4v) is 2.00. The number of anilines is 1. The van der Waals surface area contributed by atoms with E-state index in [1.807, 2.05) is 42.5 Å². The van der Waals surface area contributed by atoms with Gasteiger partial charge in [0.15, 0.2) is 0 Å². The van der Waals surface area contributed by atoms with E-state index in [0.29, 0.717) is 13.2 Å². The zero-order chi connectivity index (χ0) is 14.2. The first kappa shape index (κ1) is 14.3. The van der Waals surface area contributed by atoms with Crippen LogP contribution in [0, 0.1) is 0 Å². The summed E-state index contributed by atoms with van der Waals surface area (Å²) < 4.78 is 11.4. The van der Waals surface area contributed by atoms with Crippen LogP contribution >= 0.6 is 0 Å². The van der Waals surface area contributed by atoms with Crippen molar-refractivity contribution in [3.63, 3.8) is 0 Å². The van der Waals surface area contributed by atoms with Crippen molar-refractivity contribution in [3.05, 3.63) is 54.1 Å². The molecule has 0 aromatic heterocycles. The summed E-state index contributed by atoms with van der Waals surface area (Å²) in [6.07, 6.45) is 2.15. The van der Waals surface area contributed by atoms with Crippen LogP contribution in [-0.4, -0.2) is 13.2 Å². The van der Waals surface area contributed by atoms with E-state index in [2.05, 4.69) is 13.0 Å². The molecule has 2 aromatic carbocycles. The molecule has 0 saturated heterocycles. The standard InChI is InChI=1S/C17H21NO2/c1-2-5-14-6-3-4-7-17(14)20-13-12-19-16-10-8-15(18)9-11-16/h3-4,6-11H,2,5,12-13,18H2,1H3. The largest absolute Gasteiger partial charge is 0.490 e. The molecule has 0 heterocycles. The van der Waals surface area contributed by atoms with Gasteiger partial charge in [-0.3, -0.25) is 0 Å². The number of benzene rings is 2. The third-order valence-electron chi connectivity index (χ3n) is 2.98. The number of nitrogens with two attached hydrogens (primary N) is 1. The Morgan fingerprint density at radius 3 is 2.35 bits per heavy atom. The van der Waals surface area contributed by atoms with Crippen LogP contribution in [0.2, 0.25) is 0 Å². The van der Waals surface area contributed by atoms with Crippen LogP contribution < -0.4 is 15.2 Å². The van der Waals surface area contributed by atoms with Gasteiger partial charge in [0.05, 0.1) is 0 Å². The van der Waals surface area contributed by atoms with Crippen molar-refractivity contribution in [2.75, 3.05) is 18.9 Å². The van der Waals surface area contributed by atoms with Crippen LogP contribution in [0.3, 0.4) is 0 Å². The van der Waals surface area contributed by atoms with Gasteiger partial charge in [-0.05, 0) is 42.3 Å². The Bertz CT molecular complexity index is 523. The van der Waals surface area contributed by atoms with E-state index in [0.717, 1.165) is 30.0 Å². The van der Waals surface area contributed by atoms with Crippen LogP contribution in [0.25, 0.3) is 0 Å². The smallest absolute Gasteiger partial charge is 0.122 e. The quantitative estimate of drug-likeness (QED) is 0.617. The summed E-state index contributed by atoms with van der Waals surface area (Å²) in [5.41, 5.74) is 7.61. The average Bonchev–Trinajstić information content (AvgIpc) is 2.47. The highest BCUT2D eigenvalue weighted by Gasteiger charge is 2.01.